The van der Waals surface area contributed by atoms with Crippen LogP contribution in [0.25, 0.3) is 0 Å². The highest BCUT2D eigenvalue weighted by atomic mass is 32.2. The molecule has 8 heteroatoms. The van der Waals surface area contributed by atoms with Crippen LogP contribution in [0.15, 0.2) is 22.4 Å². The summed E-state index contributed by atoms with van der Waals surface area (Å²) in [6, 6.07) is 0. The van der Waals surface area contributed by atoms with Crippen molar-refractivity contribution in [1.29, 1.82) is 0 Å². The highest BCUT2D eigenvalue weighted by molar-refractivity contribution is 7.91. The first kappa shape index (κ1) is 14.8. The summed E-state index contributed by atoms with van der Waals surface area (Å²) in [7, 11) is -2.56. The van der Waals surface area contributed by atoms with E-state index in [9.17, 15) is 13.2 Å². The summed E-state index contributed by atoms with van der Waals surface area (Å²) < 4.78 is 30.2. The van der Waals surface area contributed by atoms with Crippen LogP contribution in [0.3, 0.4) is 0 Å². The van der Waals surface area contributed by atoms with E-state index in [1.54, 1.807) is 6.92 Å². The Bertz CT molecular complexity index is 536. The number of methoxy groups -OCH3 is 1. The molecule has 0 spiro atoms. The molecule has 0 unspecified atom stereocenters. The molecular formula is C10H14N2O4S2. The van der Waals surface area contributed by atoms with Crippen molar-refractivity contribution < 1.29 is 17.9 Å². The van der Waals surface area contributed by atoms with E-state index >= 15 is 0 Å². The minimum atomic E-state index is -3.74. The molecule has 0 aliphatic rings. The average Bonchev–Trinajstić information content (AvgIpc) is 2.84. The number of carbonyl (C=O) groups excluding carboxylic acids is 1. The maximum Gasteiger partial charge on any atom is 0.358 e. The molecule has 0 aromatic carbocycles. The smallest absolute Gasteiger partial charge is 0.358 e. The van der Waals surface area contributed by atoms with Crippen LogP contribution >= 0.6 is 11.3 Å². The molecule has 1 rings (SSSR count). The Morgan fingerprint density at radius 3 is 2.83 bits per heavy atom. The summed E-state index contributed by atoms with van der Waals surface area (Å²) in [5.74, 6) is -0.760. The molecule has 0 radical (unpaired) electrons. The second kappa shape index (κ2) is 6.07. The summed E-state index contributed by atoms with van der Waals surface area (Å²) in [6.45, 7) is 5.68. The molecule has 0 fully saturated rings. The van der Waals surface area contributed by atoms with Gasteiger partial charge in [-0.25, -0.2) is 18.2 Å². The third-order valence-electron chi connectivity index (χ3n) is 2.17. The van der Waals surface area contributed by atoms with Crippen molar-refractivity contribution in [2.45, 2.75) is 11.1 Å². The van der Waals surface area contributed by atoms with Gasteiger partial charge in [0.25, 0.3) is 10.0 Å². The lowest BCUT2D eigenvalue weighted by molar-refractivity contribution is 0.0590. The molecule has 1 aromatic rings. The number of thiazole rings is 1. The first-order valence-corrected chi connectivity index (χ1v) is 7.43. The molecule has 1 heterocycles. The van der Waals surface area contributed by atoms with E-state index in [4.69, 9.17) is 0 Å². The lowest BCUT2D eigenvalue weighted by Crippen LogP contribution is -2.31. The predicted octanol–water partition coefficient (Wildman–Crippen LogP) is 1.13. The van der Waals surface area contributed by atoms with Gasteiger partial charge in [-0.3, -0.25) is 0 Å². The lowest BCUT2D eigenvalue weighted by Gasteiger charge is -2.17. The Labute approximate surface area is 110 Å². The number of esters is 1. The molecule has 6 nitrogen and oxygen atoms in total. The Hall–Kier alpha value is -1.25. The van der Waals surface area contributed by atoms with Crippen LogP contribution in [0, 0.1) is 0 Å². The summed E-state index contributed by atoms with van der Waals surface area (Å²) in [4.78, 5) is 15.2. The van der Waals surface area contributed by atoms with E-state index in [-0.39, 0.29) is 23.0 Å². The summed E-state index contributed by atoms with van der Waals surface area (Å²) in [5.41, 5.74) is 1.13. The molecule has 18 heavy (non-hydrogen) atoms. The normalized spacial score (nSPS) is 11.5. The zero-order valence-corrected chi connectivity index (χ0v) is 11.8. The fourth-order valence-electron chi connectivity index (χ4n) is 1.31. The molecule has 0 atom stereocenters. The second-order valence-electron chi connectivity index (χ2n) is 3.22. The molecule has 100 valence electrons. The second-order valence-corrected chi connectivity index (χ2v) is 6.21. The van der Waals surface area contributed by atoms with Crippen LogP contribution < -0.4 is 0 Å². The standard InChI is InChI=1S/C10H14N2O4S2/c1-4-6-12(5-2)18(14,15)10-8(9(13)16-3)11-7-17-10/h4,7H,1,5-6H2,2-3H3. The molecule has 0 amide bonds. The highest BCUT2D eigenvalue weighted by Crippen LogP contribution is 2.24. The van der Waals surface area contributed by atoms with Crippen LogP contribution in [-0.4, -0.2) is 43.9 Å². The van der Waals surface area contributed by atoms with E-state index in [2.05, 4.69) is 16.3 Å². The quantitative estimate of drug-likeness (QED) is 0.580. The SMILES string of the molecule is C=CCN(CC)S(=O)(=O)c1scnc1C(=O)OC. The Morgan fingerprint density at radius 1 is 1.67 bits per heavy atom. The van der Waals surface area contributed by atoms with Crippen molar-refractivity contribution >= 4 is 27.3 Å². The maximum absolute atomic E-state index is 12.3. The number of sulfonamides is 1. The van der Waals surface area contributed by atoms with Crippen LogP contribution in [0.5, 0.6) is 0 Å². The van der Waals surface area contributed by atoms with Crippen LogP contribution in [-0.2, 0) is 14.8 Å². The largest absolute Gasteiger partial charge is 0.464 e. The van der Waals surface area contributed by atoms with Gasteiger partial charge in [-0.15, -0.1) is 17.9 Å². The van der Waals surface area contributed by atoms with Gasteiger partial charge in [0.1, 0.15) is 0 Å². The summed E-state index contributed by atoms with van der Waals surface area (Å²) in [6.07, 6.45) is 1.49. The Morgan fingerprint density at radius 2 is 2.33 bits per heavy atom. The van der Waals surface area contributed by atoms with Crippen LogP contribution in [0.4, 0.5) is 0 Å². The predicted molar refractivity (Wildman–Crippen MR) is 68.1 cm³/mol. The minimum Gasteiger partial charge on any atom is -0.464 e. The van der Waals surface area contributed by atoms with Crippen LogP contribution in [0.2, 0.25) is 0 Å². The molecule has 0 saturated carbocycles. The van der Waals surface area contributed by atoms with Crippen molar-refractivity contribution in [1.82, 2.24) is 9.29 Å². The molecule has 0 bridgehead atoms. The number of ether oxygens (including phenoxy) is 1. The van der Waals surface area contributed by atoms with Gasteiger partial charge in [0.2, 0.25) is 0 Å². The van der Waals surface area contributed by atoms with Gasteiger partial charge < -0.3 is 4.74 Å². The topological polar surface area (TPSA) is 76.6 Å². The Balaban J connectivity index is 3.24. The number of rotatable bonds is 6. The molecule has 0 saturated heterocycles. The van der Waals surface area contributed by atoms with E-state index in [1.807, 2.05) is 0 Å². The fraction of sp³-hybridized carbons (Fsp3) is 0.400. The average molecular weight is 290 g/mol. The van der Waals surface area contributed by atoms with Crippen molar-refractivity contribution in [2.75, 3.05) is 20.2 Å². The summed E-state index contributed by atoms with van der Waals surface area (Å²) in [5, 5.41) is 0. The monoisotopic (exact) mass is 290 g/mol. The van der Waals surface area contributed by atoms with Gasteiger partial charge in [0.15, 0.2) is 9.90 Å². The van der Waals surface area contributed by atoms with E-state index in [0.717, 1.165) is 11.3 Å². The third-order valence-corrected chi connectivity index (χ3v) is 5.46. The number of hydrogen-bond donors (Lipinski definition) is 0. The van der Waals surface area contributed by atoms with Gasteiger partial charge in [-0.1, -0.05) is 13.0 Å². The van der Waals surface area contributed by atoms with Gasteiger partial charge in [0, 0.05) is 13.1 Å². The maximum atomic E-state index is 12.3. The number of hydrogen-bond acceptors (Lipinski definition) is 6. The first-order chi connectivity index (χ1) is 8.48. The summed E-state index contributed by atoms with van der Waals surface area (Å²) >= 11 is 0.894. The molecule has 0 aliphatic heterocycles. The number of nitrogens with zero attached hydrogens (tertiary/aromatic N) is 2. The zero-order valence-electron chi connectivity index (χ0n) is 10.1. The minimum absolute atomic E-state index is 0.0990. The fourth-order valence-corrected chi connectivity index (χ4v) is 4.00. The molecular weight excluding hydrogens is 276 g/mol. The molecule has 0 N–H and O–H groups in total. The third kappa shape index (κ3) is 2.77. The highest BCUT2D eigenvalue weighted by Gasteiger charge is 2.30. The van der Waals surface area contributed by atoms with Gasteiger partial charge in [-0.05, 0) is 0 Å². The van der Waals surface area contributed by atoms with Crippen molar-refractivity contribution in [3.05, 3.63) is 23.9 Å². The van der Waals surface area contributed by atoms with E-state index < -0.39 is 16.0 Å². The van der Waals surface area contributed by atoms with Crippen molar-refractivity contribution in [3.8, 4) is 0 Å². The number of aromatic nitrogens is 1. The first-order valence-electron chi connectivity index (χ1n) is 5.11. The Kier molecular flexibility index (Phi) is 5.00. The molecule has 0 aliphatic carbocycles. The van der Waals surface area contributed by atoms with Crippen molar-refractivity contribution in [3.63, 3.8) is 0 Å². The van der Waals surface area contributed by atoms with Crippen LogP contribution in [0.1, 0.15) is 17.4 Å². The van der Waals surface area contributed by atoms with Gasteiger partial charge in [0.05, 0.1) is 12.6 Å². The van der Waals surface area contributed by atoms with Crippen molar-refractivity contribution in [2.24, 2.45) is 0 Å². The van der Waals surface area contributed by atoms with E-state index in [0.29, 0.717) is 0 Å². The zero-order chi connectivity index (χ0) is 13.8. The van der Waals surface area contributed by atoms with Gasteiger partial charge >= 0.3 is 5.97 Å². The lowest BCUT2D eigenvalue weighted by atomic mass is 10.5. The van der Waals surface area contributed by atoms with Gasteiger partial charge in [-0.2, -0.15) is 4.31 Å². The number of likely N-dealkylation sites (N-methyl/N-ethyl adjacent to an activating group) is 1. The molecule has 1 aromatic heterocycles. The van der Waals surface area contributed by atoms with E-state index in [1.165, 1.54) is 23.0 Å². The number of carbonyl (C=O) groups is 1.